The van der Waals surface area contributed by atoms with Crippen LogP contribution < -0.4 is 20.5 Å². The van der Waals surface area contributed by atoms with Crippen LogP contribution in [0.15, 0.2) is 51.0 Å². The predicted molar refractivity (Wildman–Crippen MR) is 170 cm³/mol. The Balaban J connectivity index is 0.00000169. The first-order valence-corrected chi connectivity index (χ1v) is 15.0. The Labute approximate surface area is 273 Å². The van der Waals surface area contributed by atoms with Crippen molar-refractivity contribution < 1.29 is 23.1 Å². The molecule has 0 saturated heterocycles. The molecule has 1 aliphatic rings. The molecule has 3 aromatic rings. The van der Waals surface area contributed by atoms with Crippen LogP contribution in [-0.2, 0) is 23.3 Å². The monoisotopic (exact) mass is 684 g/mol. The molecular formula is C30H29Cl3F2N4O4S. The fourth-order valence-electron chi connectivity index (χ4n) is 4.42. The molecule has 0 fully saturated rings. The highest BCUT2D eigenvalue weighted by molar-refractivity contribution is 7.99. The number of amides is 2. The minimum atomic E-state index is -3.89. The van der Waals surface area contributed by atoms with Crippen molar-refractivity contribution in [2.45, 2.75) is 41.6 Å². The van der Waals surface area contributed by atoms with E-state index in [1.165, 1.54) is 16.9 Å². The number of aromatic nitrogens is 1. The van der Waals surface area contributed by atoms with Gasteiger partial charge in [-0.25, -0.2) is 0 Å². The maximum atomic E-state index is 14.0. The number of alkyl halides is 3. The van der Waals surface area contributed by atoms with Gasteiger partial charge in [0.1, 0.15) is 17.0 Å². The topological polar surface area (TPSA) is 94.7 Å². The van der Waals surface area contributed by atoms with E-state index < -0.39 is 22.5 Å². The van der Waals surface area contributed by atoms with Crippen LogP contribution in [0, 0.1) is 12.3 Å². The smallest absolute Gasteiger partial charge is 0.362 e. The molecule has 0 saturated carbocycles. The number of nitrogens with one attached hydrogen (secondary N) is 2. The van der Waals surface area contributed by atoms with Gasteiger partial charge in [0.05, 0.1) is 22.8 Å². The van der Waals surface area contributed by atoms with Crippen molar-refractivity contribution in [1.82, 2.24) is 15.2 Å². The van der Waals surface area contributed by atoms with Gasteiger partial charge in [0.15, 0.2) is 0 Å². The van der Waals surface area contributed by atoms with E-state index in [0.717, 1.165) is 35.4 Å². The van der Waals surface area contributed by atoms with E-state index in [0.29, 0.717) is 30.9 Å². The van der Waals surface area contributed by atoms with Crippen LogP contribution in [0.25, 0.3) is 0 Å². The van der Waals surface area contributed by atoms with E-state index in [2.05, 4.69) is 17.7 Å². The summed E-state index contributed by atoms with van der Waals surface area (Å²) >= 11 is 18.6. The van der Waals surface area contributed by atoms with Crippen molar-refractivity contribution in [3.05, 3.63) is 79.2 Å². The van der Waals surface area contributed by atoms with Gasteiger partial charge in [-0.15, -0.1) is 12.3 Å². The lowest BCUT2D eigenvalue weighted by Crippen LogP contribution is -2.32. The Hall–Kier alpha value is -3.27. The number of hydrogen-bond donors (Lipinski definition) is 2. The van der Waals surface area contributed by atoms with Crippen molar-refractivity contribution >= 4 is 64.6 Å². The van der Waals surface area contributed by atoms with Gasteiger partial charge in [0.2, 0.25) is 6.41 Å². The summed E-state index contributed by atoms with van der Waals surface area (Å²) in [6.07, 6.45) is 6.02. The number of benzene rings is 2. The first kappa shape index (κ1) is 35.2. The Kier molecular flexibility index (Phi) is 12.5. The number of aromatic amines is 1. The maximum absolute atomic E-state index is 14.0. The number of methoxy groups -OCH3 is 1. The molecule has 2 amide bonds. The quantitative estimate of drug-likeness (QED) is 0.104. The van der Waals surface area contributed by atoms with Crippen molar-refractivity contribution in [3.63, 3.8) is 0 Å². The average molecular weight is 686 g/mol. The zero-order chi connectivity index (χ0) is 32.6. The third kappa shape index (κ3) is 8.25. The minimum Gasteiger partial charge on any atom is -0.495 e. The number of halogens is 5. The second-order valence-corrected chi connectivity index (χ2v) is 11.7. The molecular weight excluding hydrogens is 657 g/mol. The lowest BCUT2D eigenvalue weighted by Gasteiger charge is -2.21. The van der Waals surface area contributed by atoms with Crippen LogP contribution in [0.1, 0.15) is 40.5 Å². The number of terminal acetylenes is 1. The molecule has 0 unspecified atom stereocenters. The summed E-state index contributed by atoms with van der Waals surface area (Å²) in [6.45, 7) is 3.04. The molecule has 0 aliphatic carbocycles. The van der Waals surface area contributed by atoms with Crippen LogP contribution in [0.2, 0.25) is 10.0 Å². The molecule has 8 nitrogen and oxygen atoms in total. The van der Waals surface area contributed by atoms with Gasteiger partial charge in [0, 0.05) is 29.4 Å². The number of fused-ring (bicyclic) bond motifs is 1. The highest BCUT2D eigenvalue weighted by Crippen LogP contribution is 2.42. The van der Waals surface area contributed by atoms with E-state index in [9.17, 15) is 23.2 Å². The summed E-state index contributed by atoms with van der Waals surface area (Å²) in [5.74, 6) is 2.00. The van der Waals surface area contributed by atoms with Crippen LogP contribution in [-0.4, -0.2) is 49.4 Å². The third-order valence-corrected chi connectivity index (χ3v) is 8.66. The van der Waals surface area contributed by atoms with Gasteiger partial charge >= 0.3 is 5.38 Å². The molecule has 44 heavy (non-hydrogen) atoms. The average Bonchev–Trinajstić information content (AvgIpc) is 3.39. The molecule has 234 valence electrons. The largest absolute Gasteiger partial charge is 0.495 e. The molecule has 0 spiro atoms. The summed E-state index contributed by atoms with van der Waals surface area (Å²) in [4.78, 5) is 43.9. The Morgan fingerprint density at radius 2 is 1.86 bits per heavy atom. The number of carbonyl (C=O) groups excluding carboxylic acids is 2. The molecule has 2 heterocycles. The number of H-pyrrole nitrogens is 1. The summed E-state index contributed by atoms with van der Waals surface area (Å²) in [5.41, 5.74) is -0.232. The lowest BCUT2D eigenvalue weighted by atomic mass is 10.1. The molecule has 0 bridgehead atoms. The second-order valence-electron chi connectivity index (χ2n) is 9.40. The van der Waals surface area contributed by atoms with Gasteiger partial charge < -0.3 is 24.8 Å². The number of carbonyl (C=O) groups is 2. The summed E-state index contributed by atoms with van der Waals surface area (Å²) in [7, 11) is 3.30. The van der Waals surface area contributed by atoms with E-state index >= 15 is 0 Å². The molecule has 2 N–H and O–H groups in total. The summed E-state index contributed by atoms with van der Waals surface area (Å²) in [6, 6.07) is 9.16. The number of nitrogens with zero attached hydrogens (tertiary/aromatic N) is 2. The van der Waals surface area contributed by atoms with E-state index in [1.54, 1.807) is 37.3 Å². The van der Waals surface area contributed by atoms with Gasteiger partial charge in [-0.3, -0.25) is 14.4 Å². The normalized spacial score (nSPS) is 12.1. The molecule has 14 heteroatoms. The van der Waals surface area contributed by atoms with E-state index in [-0.39, 0.29) is 38.5 Å². The van der Waals surface area contributed by atoms with Crippen LogP contribution >= 0.6 is 46.6 Å². The summed E-state index contributed by atoms with van der Waals surface area (Å²) in [5, 5.41) is -0.438. The lowest BCUT2D eigenvalue weighted by molar-refractivity contribution is -0.107. The number of rotatable bonds is 11. The van der Waals surface area contributed by atoms with E-state index in [1.807, 2.05) is 12.0 Å². The second kappa shape index (κ2) is 15.6. The fourth-order valence-corrected chi connectivity index (χ4v) is 6.16. The standard InChI is InChI=1S/C27H25Cl3F2N4O4S.C3H4/c1-33-7-4-8-35(14-37)19-9-15-12-36(13-16(15)10-20(19)40-2)26(39)23-21(11-22(27(30,31)32)34-25(23)38)41-24-17(28)5-3-6-18(24)29;1-3-2/h3,5-6,9-11,14,33H,4,7-8,12-13H2,1-2H3,(H,34,38);1H,2H3. The molecule has 4 rings (SSSR count). The molecule has 2 aromatic carbocycles. The molecule has 1 aliphatic heterocycles. The van der Waals surface area contributed by atoms with Crippen LogP contribution in [0.3, 0.4) is 0 Å². The highest BCUT2D eigenvalue weighted by atomic mass is 35.5. The third-order valence-electron chi connectivity index (χ3n) is 6.42. The SMILES string of the molecule is C#CC.CNCCCN(C=O)c1cc2c(cc1OC)CN(C(=O)c1c(Sc3c(Cl)cccc3Cl)cc(C(F)(F)Cl)[nH]c1=O)C2. The van der Waals surface area contributed by atoms with Crippen molar-refractivity contribution in [2.24, 2.45) is 0 Å². The first-order chi connectivity index (χ1) is 20.9. The Bertz CT molecular complexity index is 1610. The van der Waals surface area contributed by atoms with Gasteiger partial charge in [-0.05, 0) is 80.0 Å². The van der Waals surface area contributed by atoms with Crippen molar-refractivity contribution in [1.29, 1.82) is 0 Å². The molecule has 0 atom stereocenters. The fraction of sp³-hybridized carbons (Fsp3) is 0.300. The number of anilines is 1. The maximum Gasteiger partial charge on any atom is 0.362 e. The van der Waals surface area contributed by atoms with Gasteiger partial charge in [-0.2, -0.15) is 8.78 Å². The number of ether oxygens (including phenoxy) is 1. The molecule has 0 radical (unpaired) electrons. The molecule has 1 aromatic heterocycles. The first-order valence-electron chi connectivity index (χ1n) is 13.1. The predicted octanol–water partition coefficient (Wildman–Crippen LogP) is 6.50. The van der Waals surface area contributed by atoms with Crippen LogP contribution in [0.4, 0.5) is 14.5 Å². The van der Waals surface area contributed by atoms with Gasteiger partial charge in [-0.1, -0.05) is 41.0 Å². The number of pyridine rings is 1. The van der Waals surface area contributed by atoms with Gasteiger partial charge in [0.25, 0.3) is 11.5 Å². The van der Waals surface area contributed by atoms with Crippen molar-refractivity contribution in [2.75, 3.05) is 32.1 Å². The zero-order valence-electron chi connectivity index (χ0n) is 24.0. The number of hydrogen-bond acceptors (Lipinski definition) is 6. The van der Waals surface area contributed by atoms with Crippen LogP contribution in [0.5, 0.6) is 5.75 Å². The van der Waals surface area contributed by atoms with Crippen molar-refractivity contribution in [3.8, 4) is 18.1 Å². The Morgan fingerprint density at radius 3 is 2.41 bits per heavy atom. The highest BCUT2D eigenvalue weighted by Gasteiger charge is 2.34. The van der Waals surface area contributed by atoms with E-state index in [4.69, 9.17) is 39.5 Å². The Morgan fingerprint density at radius 1 is 1.25 bits per heavy atom. The minimum absolute atomic E-state index is 0.0880. The zero-order valence-corrected chi connectivity index (χ0v) is 27.1. The summed E-state index contributed by atoms with van der Waals surface area (Å²) < 4.78 is 33.6.